The molecule has 0 radical (unpaired) electrons. The maximum absolute atomic E-state index is 14.6. The Morgan fingerprint density at radius 2 is 1.87 bits per heavy atom. The molecule has 30 heavy (non-hydrogen) atoms. The van der Waals surface area contributed by atoms with E-state index in [1.807, 2.05) is 18.2 Å². The van der Waals surface area contributed by atoms with Crippen LogP contribution in [0.5, 0.6) is 5.75 Å². The summed E-state index contributed by atoms with van der Waals surface area (Å²) in [5.74, 6) is 0.171. The zero-order chi connectivity index (χ0) is 21.1. The third kappa shape index (κ3) is 4.13. The molecule has 0 saturated carbocycles. The second-order valence-corrected chi connectivity index (χ2v) is 7.50. The minimum Gasteiger partial charge on any atom is -0.495 e. The Morgan fingerprint density at radius 3 is 2.63 bits per heavy atom. The first-order chi connectivity index (χ1) is 14.5. The smallest absolute Gasteiger partial charge is 0.323 e. The second kappa shape index (κ2) is 8.54. The normalized spacial score (nSPS) is 10.8. The van der Waals surface area contributed by atoms with Gasteiger partial charge >= 0.3 is 6.03 Å². The van der Waals surface area contributed by atoms with Gasteiger partial charge in [-0.2, -0.15) is 0 Å². The van der Waals surface area contributed by atoms with Gasteiger partial charge in [0.1, 0.15) is 11.6 Å². The molecule has 0 aliphatic heterocycles. The number of carbonyl (C=O) groups is 1. The van der Waals surface area contributed by atoms with Gasteiger partial charge in [0, 0.05) is 35.0 Å². The number of nitrogens with zero attached hydrogens (tertiary/aromatic N) is 2. The topological polar surface area (TPSA) is 68.2 Å². The van der Waals surface area contributed by atoms with E-state index in [9.17, 15) is 9.18 Å². The molecule has 0 aliphatic carbocycles. The van der Waals surface area contributed by atoms with E-state index in [4.69, 9.17) is 4.74 Å². The lowest BCUT2D eigenvalue weighted by atomic mass is 10.2. The number of methoxy groups -OCH3 is 1. The number of rotatable bonds is 5. The van der Waals surface area contributed by atoms with Crippen molar-refractivity contribution in [1.29, 1.82) is 0 Å². The van der Waals surface area contributed by atoms with E-state index < -0.39 is 6.03 Å². The first-order valence-corrected chi connectivity index (χ1v) is 9.92. The van der Waals surface area contributed by atoms with E-state index in [-0.39, 0.29) is 5.82 Å². The Kier molecular flexibility index (Phi) is 5.67. The average Bonchev–Trinajstić information content (AvgIpc) is 3.16. The van der Waals surface area contributed by atoms with E-state index in [1.54, 1.807) is 47.4 Å². The maximum Gasteiger partial charge on any atom is 0.323 e. The zero-order valence-electron chi connectivity index (χ0n) is 16.0. The van der Waals surface area contributed by atoms with E-state index >= 15 is 0 Å². The lowest BCUT2D eigenvalue weighted by molar-refractivity contribution is 0.262. The van der Waals surface area contributed by atoms with Crippen molar-refractivity contribution in [3.63, 3.8) is 0 Å². The van der Waals surface area contributed by atoms with Crippen molar-refractivity contribution < 1.29 is 13.9 Å². The minimum absolute atomic E-state index is 0.358. The number of urea groups is 1. The molecule has 8 heteroatoms. The quantitative estimate of drug-likeness (QED) is 0.398. The molecule has 6 nitrogen and oxygen atoms in total. The van der Waals surface area contributed by atoms with Crippen LogP contribution in [0.3, 0.4) is 0 Å². The van der Waals surface area contributed by atoms with Gasteiger partial charge in [-0.3, -0.25) is 4.98 Å². The summed E-state index contributed by atoms with van der Waals surface area (Å²) in [5.41, 5.74) is 2.44. The van der Waals surface area contributed by atoms with Gasteiger partial charge in [0.2, 0.25) is 0 Å². The van der Waals surface area contributed by atoms with Gasteiger partial charge in [-0.1, -0.05) is 15.9 Å². The molecule has 0 atom stereocenters. The fourth-order valence-electron chi connectivity index (χ4n) is 3.26. The number of ether oxygens (including phenoxy) is 1. The fraction of sp³-hybridized carbons (Fsp3) is 0.0909. The third-order valence-corrected chi connectivity index (χ3v) is 5.13. The van der Waals surface area contributed by atoms with Crippen LogP contribution < -0.4 is 15.4 Å². The summed E-state index contributed by atoms with van der Waals surface area (Å²) in [6.07, 6.45) is 5.20. The summed E-state index contributed by atoms with van der Waals surface area (Å²) >= 11 is 3.38. The summed E-state index contributed by atoms with van der Waals surface area (Å²) in [4.78, 5) is 16.6. The highest BCUT2D eigenvalue weighted by Gasteiger charge is 2.14. The molecule has 2 heterocycles. The Morgan fingerprint density at radius 1 is 1.10 bits per heavy atom. The molecule has 0 bridgehead atoms. The van der Waals surface area contributed by atoms with Crippen molar-refractivity contribution in [2.24, 2.45) is 0 Å². The number of fused-ring (bicyclic) bond motifs is 1. The number of anilines is 2. The van der Waals surface area contributed by atoms with Gasteiger partial charge in [-0.25, -0.2) is 9.18 Å². The van der Waals surface area contributed by atoms with Gasteiger partial charge in [0.05, 0.1) is 24.0 Å². The molecule has 2 aromatic carbocycles. The van der Waals surface area contributed by atoms with Crippen molar-refractivity contribution in [1.82, 2.24) is 9.55 Å². The number of carbonyl (C=O) groups excluding carboxylic acids is 1. The van der Waals surface area contributed by atoms with Crippen LogP contribution in [0, 0.1) is 5.82 Å². The summed E-state index contributed by atoms with van der Waals surface area (Å²) < 4.78 is 22.5. The van der Waals surface area contributed by atoms with Crippen molar-refractivity contribution in [2.45, 2.75) is 6.54 Å². The molecule has 2 N–H and O–H groups in total. The number of nitrogens with one attached hydrogen (secondary N) is 2. The van der Waals surface area contributed by atoms with Crippen molar-refractivity contribution in [3.05, 3.63) is 83.0 Å². The number of pyridine rings is 1. The fourth-order valence-corrected chi connectivity index (χ4v) is 3.62. The van der Waals surface area contributed by atoms with E-state index in [0.717, 1.165) is 10.0 Å². The van der Waals surface area contributed by atoms with Crippen LogP contribution in [0.4, 0.5) is 20.6 Å². The maximum atomic E-state index is 14.6. The first kappa shape index (κ1) is 19.9. The van der Waals surface area contributed by atoms with Crippen molar-refractivity contribution >= 4 is 44.2 Å². The number of aromatic nitrogens is 2. The van der Waals surface area contributed by atoms with Crippen molar-refractivity contribution in [3.8, 4) is 5.75 Å². The van der Waals surface area contributed by atoms with Crippen LogP contribution >= 0.6 is 15.9 Å². The Balaban J connectivity index is 1.60. The number of benzene rings is 2. The van der Waals surface area contributed by atoms with Crippen LogP contribution in [-0.2, 0) is 6.54 Å². The summed E-state index contributed by atoms with van der Waals surface area (Å²) in [6, 6.07) is 13.3. The van der Waals surface area contributed by atoms with Crippen LogP contribution in [0.2, 0.25) is 0 Å². The molecule has 4 rings (SSSR count). The molecule has 0 fully saturated rings. The highest BCUT2D eigenvalue weighted by molar-refractivity contribution is 9.10. The predicted molar refractivity (Wildman–Crippen MR) is 119 cm³/mol. The third-order valence-electron chi connectivity index (χ3n) is 4.64. The SMILES string of the molecule is COc1ccc(Br)cc1NC(=O)Nc1ccc(F)c2c1ccn2Cc1ccncc1. The van der Waals surface area contributed by atoms with E-state index in [2.05, 4.69) is 31.5 Å². The molecule has 0 unspecified atom stereocenters. The monoisotopic (exact) mass is 468 g/mol. The number of hydrogen-bond donors (Lipinski definition) is 2. The van der Waals surface area contributed by atoms with E-state index in [1.165, 1.54) is 13.2 Å². The van der Waals surface area contributed by atoms with Crippen molar-refractivity contribution in [2.75, 3.05) is 17.7 Å². The molecule has 2 amide bonds. The summed E-state index contributed by atoms with van der Waals surface area (Å²) in [5, 5.41) is 6.17. The Labute approximate surface area is 180 Å². The number of halogens is 2. The number of amides is 2. The lowest BCUT2D eigenvalue weighted by Gasteiger charge is -2.13. The largest absolute Gasteiger partial charge is 0.495 e. The van der Waals surface area contributed by atoms with Crippen LogP contribution in [0.15, 0.2) is 71.6 Å². The van der Waals surface area contributed by atoms with Crippen LogP contribution in [0.25, 0.3) is 10.9 Å². The van der Waals surface area contributed by atoms with Gasteiger partial charge in [-0.05, 0) is 54.1 Å². The second-order valence-electron chi connectivity index (χ2n) is 6.58. The van der Waals surface area contributed by atoms with Gasteiger partial charge < -0.3 is 19.9 Å². The van der Waals surface area contributed by atoms with Gasteiger partial charge in [-0.15, -0.1) is 0 Å². The number of hydrogen-bond acceptors (Lipinski definition) is 3. The summed E-state index contributed by atoms with van der Waals surface area (Å²) in [6.45, 7) is 0.494. The van der Waals surface area contributed by atoms with Crippen LogP contribution in [0.1, 0.15) is 5.56 Å². The highest BCUT2D eigenvalue weighted by Crippen LogP contribution is 2.30. The standard InChI is InChI=1S/C22H18BrFN4O2/c1-30-20-5-2-15(23)12-19(20)27-22(29)26-18-4-3-17(24)21-16(18)8-11-28(21)13-14-6-9-25-10-7-14/h2-12H,13H2,1H3,(H2,26,27,29). The molecule has 0 aliphatic rings. The Bertz CT molecular complexity index is 1210. The van der Waals surface area contributed by atoms with E-state index in [0.29, 0.717) is 34.6 Å². The Hall–Kier alpha value is -3.39. The molecule has 4 aromatic rings. The molecule has 0 saturated heterocycles. The average molecular weight is 469 g/mol. The molecule has 0 spiro atoms. The molecular weight excluding hydrogens is 451 g/mol. The lowest BCUT2D eigenvalue weighted by Crippen LogP contribution is -2.20. The predicted octanol–water partition coefficient (Wildman–Crippen LogP) is 5.64. The minimum atomic E-state index is -0.457. The molecule has 152 valence electrons. The molecule has 2 aromatic heterocycles. The first-order valence-electron chi connectivity index (χ1n) is 9.13. The molecular formula is C22H18BrFN4O2. The van der Waals surface area contributed by atoms with Crippen LogP contribution in [-0.4, -0.2) is 22.7 Å². The summed E-state index contributed by atoms with van der Waals surface area (Å²) in [7, 11) is 1.53. The van der Waals surface area contributed by atoms with Gasteiger partial charge in [0.25, 0.3) is 0 Å². The van der Waals surface area contributed by atoms with Gasteiger partial charge in [0.15, 0.2) is 0 Å². The highest BCUT2D eigenvalue weighted by atomic mass is 79.9. The zero-order valence-corrected chi connectivity index (χ0v) is 17.6.